The van der Waals surface area contributed by atoms with E-state index >= 15 is 0 Å². The van der Waals surface area contributed by atoms with Gasteiger partial charge in [-0.3, -0.25) is 0 Å². The van der Waals surface area contributed by atoms with Gasteiger partial charge in [0.25, 0.3) is 9.76 Å². The van der Waals surface area contributed by atoms with Crippen molar-refractivity contribution in [2.45, 2.75) is 20.1 Å². The quantitative estimate of drug-likeness (QED) is 0.530. The Morgan fingerprint density at radius 3 is 2.62 bits per heavy atom. The molecule has 1 rings (SSSR count). The van der Waals surface area contributed by atoms with Crippen LogP contribution in [0.5, 0.6) is 0 Å². The van der Waals surface area contributed by atoms with Crippen molar-refractivity contribution in [3.8, 4) is 0 Å². The summed E-state index contributed by atoms with van der Waals surface area (Å²) in [5, 5.41) is 1.24. The third-order valence-electron chi connectivity index (χ3n) is 1.81. The van der Waals surface area contributed by atoms with Crippen LogP contribution in [-0.4, -0.2) is 23.2 Å². The molecule has 13 heavy (non-hydrogen) atoms. The molecule has 0 bridgehead atoms. The Kier molecular flexibility index (Phi) is 4.15. The van der Waals surface area contributed by atoms with Crippen LogP contribution in [0.1, 0.15) is 12.5 Å². The minimum absolute atomic E-state index is 0.127. The van der Waals surface area contributed by atoms with Gasteiger partial charge in [-0.15, -0.1) is 0 Å². The molecule has 0 fully saturated rings. The summed E-state index contributed by atoms with van der Waals surface area (Å²) >= 11 is 0. The van der Waals surface area contributed by atoms with Crippen LogP contribution in [-0.2, 0) is 9.16 Å². The zero-order chi connectivity index (χ0) is 9.68. The van der Waals surface area contributed by atoms with Crippen molar-refractivity contribution in [2.75, 3.05) is 7.11 Å². The predicted molar refractivity (Wildman–Crippen MR) is 54.1 cm³/mol. The van der Waals surface area contributed by atoms with Crippen LogP contribution < -0.4 is 5.19 Å². The molecule has 0 heterocycles. The molecule has 0 amide bonds. The van der Waals surface area contributed by atoms with Crippen LogP contribution in [0.3, 0.4) is 0 Å². The second-order valence-electron chi connectivity index (χ2n) is 2.84. The van der Waals surface area contributed by atoms with Crippen LogP contribution in [0.4, 0.5) is 0 Å². The average molecular weight is 194 g/mol. The van der Waals surface area contributed by atoms with E-state index in [2.05, 4.69) is 19.1 Å². The summed E-state index contributed by atoms with van der Waals surface area (Å²) < 4.78 is 10.5. The topological polar surface area (TPSA) is 18.5 Å². The molecule has 0 saturated carbocycles. The molecule has 0 aliphatic carbocycles. The van der Waals surface area contributed by atoms with Gasteiger partial charge < -0.3 is 9.16 Å². The standard InChI is InChI=1S/C10H14O2Si/c1-8-6-4-5-7-10(8)13-12-9(2)11-3/h4-7,9H,1-3H3. The predicted octanol–water partition coefficient (Wildman–Crippen LogP) is 1.25. The molecule has 3 heteroatoms. The van der Waals surface area contributed by atoms with E-state index in [1.807, 2.05) is 19.1 Å². The first-order valence-electron chi connectivity index (χ1n) is 4.24. The molecule has 0 aliphatic rings. The van der Waals surface area contributed by atoms with E-state index < -0.39 is 0 Å². The second kappa shape index (κ2) is 5.17. The molecule has 1 atom stereocenters. The highest BCUT2D eigenvalue weighted by Crippen LogP contribution is 1.94. The number of hydrogen-bond donors (Lipinski definition) is 0. The van der Waals surface area contributed by atoms with Gasteiger partial charge in [0.1, 0.15) is 6.29 Å². The summed E-state index contributed by atoms with van der Waals surface area (Å²) in [6, 6.07) is 8.22. The minimum Gasteiger partial charge on any atom is -0.387 e. The molecule has 0 N–H and O–H groups in total. The lowest BCUT2D eigenvalue weighted by molar-refractivity contribution is -0.0356. The summed E-state index contributed by atoms with van der Waals surface area (Å²) in [4.78, 5) is 0. The molecule has 1 unspecified atom stereocenters. The lowest BCUT2D eigenvalue weighted by Gasteiger charge is -2.10. The van der Waals surface area contributed by atoms with Crippen molar-refractivity contribution >= 4 is 14.9 Å². The van der Waals surface area contributed by atoms with E-state index in [9.17, 15) is 0 Å². The highest BCUT2D eigenvalue weighted by Gasteiger charge is 2.03. The Hall–Kier alpha value is -0.643. The first-order valence-corrected chi connectivity index (χ1v) is 5.15. The fourth-order valence-corrected chi connectivity index (χ4v) is 1.68. The number of hydrogen-bond acceptors (Lipinski definition) is 2. The van der Waals surface area contributed by atoms with E-state index in [1.54, 1.807) is 7.11 Å². The third-order valence-corrected chi connectivity index (χ3v) is 3.04. The Morgan fingerprint density at radius 1 is 1.31 bits per heavy atom. The molecule has 2 nitrogen and oxygen atoms in total. The lowest BCUT2D eigenvalue weighted by atomic mass is 10.2. The molecule has 1 aromatic carbocycles. The SMILES string of the molecule is COC(C)O[Si]c1ccccc1C. The normalized spacial score (nSPS) is 12.8. The van der Waals surface area contributed by atoms with Gasteiger partial charge in [0.2, 0.25) is 0 Å². The maximum absolute atomic E-state index is 5.46. The van der Waals surface area contributed by atoms with Crippen molar-refractivity contribution in [1.29, 1.82) is 0 Å². The van der Waals surface area contributed by atoms with Gasteiger partial charge >= 0.3 is 0 Å². The van der Waals surface area contributed by atoms with E-state index in [4.69, 9.17) is 9.16 Å². The molecular weight excluding hydrogens is 180 g/mol. The molecule has 0 saturated heterocycles. The molecule has 1 aromatic rings. The van der Waals surface area contributed by atoms with Crippen LogP contribution >= 0.6 is 0 Å². The molecule has 0 spiro atoms. The monoisotopic (exact) mass is 194 g/mol. The van der Waals surface area contributed by atoms with Crippen molar-refractivity contribution in [3.05, 3.63) is 29.8 Å². The highest BCUT2D eigenvalue weighted by atomic mass is 28.2. The van der Waals surface area contributed by atoms with Crippen molar-refractivity contribution in [2.24, 2.45) is 0 Å². The van der Waals surface area contributed by atoms with Gasteiger partial charge in [0.15, 0.2) is 0 Å². The first kappa shape index (κ1) is 10.4. The van der Waals surface area contributed by atoms with Crippen LogP contribution in [0, 0.1) is 6.92 Å². The smallest absolute Gasteiger partial charge is 0.272 e. The van der Waals surface area contributed by atoms with E-state index in [0.29, 0.717) is 9.76 Å². The van der Waals surface area contributed by atoms with E-state index in [0.717, 1.165) is 0 Å². The molecule has 70 valence electrons. The van der Waals surface area contributed by atoms with Crippen LogP contribution in [0.2, 0.25) is 0 Å². The van der Waals surface area contributed by atoms with E-state index in [1.165, 1.54) is 10.8 Å². The third kappa shape index (κ3) is 3.30. The average Bonchev–Trinajstić information content (AvgIpc) is 2.16. The highest BCUT2D eigenvalue weighted by molar-refractivity contribution is 6.47. The van der Waals surface area contributed by atoms with Crippen molar-refractivity contribution in [1.82, 2.24) is 0 Å². The Balaban J connectivity index is 2.50. The van der Waals surface area contributed by atoms with Crippen LogP contribution in [0.25, 0.3) is 0 Å². The summed E-state index contributed by atoms with van der Waals surface area (Å²) in [5.41, 5.74) is 1.27. The number of methoxy groups -OCH3 is 1. The van der Waals surface area contributed by atoms with Crippen LogP contribution in [0.15, 0.2) is 24.3 Å². The number of aryl methyl sites for hydroxylation is 1. The summed E-state index contributed by atoms with van der Waals surface area (Å²) in [7, 11) is 2.01. The maximum Gasteiger partial charge on any atom is 0.272 e. The van der Waals surface area contributed by atoms with Gasteiger partial charge in [0.05, 0.1) is 0 Å². The zero-order valence-corrected chi connectivity index (χ0v) is 9.20. The van der Waals surface area contributed by atoms with E-state index in [-0.39, 0.29) is 6.29 Å². The van der Waals surface area contributed by atoms with Gasteiger partial charge in [-0.05, 0) is 24.6 Å². The fraction of sp³-hybridized carbons (Fsp3) is 0.400. The summed E-state index contributed by atoms with van der Waals surface area (Å²) in [6.07, 6.45) is -0.127. The van der Waals surface area contributed by atoms with Gasteiger partial charge in [0, 0.05) is 7.11 Å². The first-order chi connectivity index (χ1) is 6.24. The summed E-state index contributed by atoms with van der Waals surface area (Å²) in [5.74, 6) is 0. The number of ether oxygens (including phenoxy) is 1. The lowest BCUT2D eigenvalue weighted by Crippen LogP contribution is -2.25. The zero-order valence-electron chi connectivity index (χ0n) is 8.20. The summed E-state index contributed by atoms with van der Waals surface area (Å²) in [6.45, 7) is 3.98. The van der Waals surface area contributed by atoms with Gasteiger partial charge in [-0.1, -0.05) is 24.3 Å². The fourth-order valence-electron chi connectivity index (χ4n) is 0.882. The van der Waals surface area contributed by atoms with Gasteiger partial charge in [-0.25, -0.2) is 0 Å². The maximum atomic E-state index is 5.46. The van der Waals surface area contributed by atoms with Crippen molar-refractivity contribution < 1.29 is 9.16 Å². The molecule has 0 aromatic heterocycles. The van der Waals surface area contributed by atoms with Crippen molar-refractivity contribution in [3.63, 3.8) is 0 Å². The number of benzene rings is 1. The molecule has 0 aliphatic heterocycles. The Bertz CT molecular complexity index is 263. The molecular formula is C10H14O2Si. The largest absolute Gasteiger partial charge is 0.387 e. The Morgan fingerprint density at radius 2 is 2.00 bits per heavy atom. The molecule has 2 radical (unpaired) electrons. The minimum atomic E-state index is -0.127. The Labute approximate surface area is 81.8 Å². The number of rotatable bonds is 4. The van der Waals surface area contributed by atoms with Gasteiger partial charge in [-0.2, -0.15) is 0 Å². The second-order valence-corrected chi connectivity index (χ2v) is 3.82.